The van der Waals surface area contributed by atoms with Crippen LogP contribution in [0.4, 0.5) is 11.5 Å². The largest absolute Gasteiger partial charge is 0.382 e. The molecule has 0 spiro atoms. The molecule has 0 aliphatic rings. The van der Waals surface area contributed by atoms with Crippen molar-refractivity contribution in [2.75, 3.05) is 11.1 Å². The van der Waals surface area contributed by atoms with Crippen LogP contribution in [-0.2, 0) is 0 Å². The fourth-order valence-electron chi connectivity index (χ4n) is 1.61. The van der Waals surface area contributed by atoms with Gasteiger partial charge in [0.1, 0.15) is 17.2 Å². The van der Waals surface area contributed by atoms with E-state index < -0.39 is 0 Å². The van der Waals surface area contributed by atoms with Crippen LogP contribution in [0.5, 0.6) is 0 Å². The smallest absolute Gasteiger partial charge is 0.149 e. The monoisotopic (exact) mass is 265 g/mol. The van der Waals surface area contributed by atoms with Crippen LogP contribution in [0, 0.1) is 0 Å². The molecule has 96 valence electrons. The van der Waals surface area contributed by atoms with Crippen LogP contribution < -0.4 is 11.1 Å². The lowest BCUT2D eigenvalue weighted by atomic mass is 10.2. The number of rotatable bonds is 4. The van der Waals surface area contributed by atoms with Crippen molar-refractivity contribution in [2.24, 2.45) is 0 Å². The number of hydrogen-bond acceptors (Lipinski definition) is 4. The summed E-state index contributed by atoms with van der Waals surface area (Å²) in [5.74, 6) is 0.421. The highest BCUT2D eigenvalue weighted by Crippen LogP contribution is 2.32. The van der Waals surface area contributed by atoms with Crippen LogP contribution in [0.25, 0.3) is 5.69 Å². The standard InChI is InChI=1S/C12H16ClN5/c1-3-8(2)17-10-11(18-6-4-5-16-18)9(13)7-15-12(10)14/h4-8,17H,3H2,1-2H3,(H2,14,15). The Kier molecular flexibility index (Phi) is 3.72. The molecule has 1 atom stereocenters. The predicted molar refractivity (Wildman–Crippen MR) is 74.2 cm³/mol. The summed E-state index contributed by atoms with van der Waals surface area (Å²) < 4.78 is 1.69. The molecule has 0 amide bonds. The van der Waals surface area contributed by atoms with Gasteiger partial charge in [0.15, 0.2) is 0 Å². The minimum atomic E-state index is 0.280. The molecular formula is C12H16ClN5. The second-order valence-corrected chi connectivity index (χ2v) is 4.53. The van der Waals surface area contributed by atoms with Gasteiger partial charge in [0.25, 0.3) is 0 Å². The van der Waals surface area contributed by atoms with Crippen LogP contribution in [0.1, 0.15) is 20.3 Å². The molecule has 2 rings (SSSR count). The Morgan fingerprint density at radius 3 is 2.94 bits per heavy atom. The number of halogens is 1. The summed E-state index contributed by atoms with van der Waals surface area (Å²) in [4.78, 5) is 4.08. The minimum Gasteiger partial charge on any atom is -0.382 e. The Morgan fingerprint density at radius 2 is 2.33 bits per heavy atom. The first-order valence-electron chi connectivity index (χ1n) is 5.84. The molecule has 2 heterocycles. The van der Waals surface area contributed by atoms with Crippen LogP contribution >= 0.6 is 11.6 Å². The number of nitrogens with one attached hydrogen (secondary N) is 1. The Labute approximate surface area is 111 Å². The van der Waals surface area contributed by atoms with Crippen LogP contribution in [0.15, 0.2) is 24.7 Å². The Balaban J connectivity index is 2.52. The first-order chi connectivity index (χ1) is 8.63. The van der Waals surface area contributed by atoms with Crippen LogP contribution in [-0.4, -0.2) is 20.8 Å². The number of nitrogen functional groups attached to an aromatic ring is 1. The number of aromatic nitrogens is 3. The molecule has 1 unspecified atom stereocenters. The highest BCUT2D eigenvalue weighted by atomic mass is 35.5. The summed E-state index contributed by atoms with van der Waals surface area (Å²) in [5.41, 5.74) is 7.38. The van der Waals surface area contributed by atoms with Gasteiger partial charge in [-0.1, -0.05) is 18.5 Å². The molecule has 6 heteroatoms. The fourth-order valence-corrected chi connectivity index (χ4v) is 1.84. The third-order valence-corrected chi connectivity index (χ3v) is 3.05. The third kappa shape index (κ3) is 2.41. The second kappa shape index (κ2) is 5.27. The summed E-state index contributed by atoms with van der Waals surface area (Å²) in [6.45, 7) is 4.17. The fraction of sp³-hybridized carbons (Fsp3) is 0.333. The molecule has 2 aromatic heterocycles. The average molecular weight is 266 g/mol. The highest BCUT2D eigenvalue weighted by Gasteiger charge is 2.15. The van der Waals surface area contributed by atoms with Crippen LogP contribution in [0.2, 0.25) is 5.02 Å². The van der Waals surface area contributed by atoms with E-state index in [1.807, 2.05) is 12.3 Å². The molecule has 3 N–H and O–H groups in total. The zero-order valence-electron chi connectivity index (χ0n) is 10.4. The summed E-state index contributed by atoms with van der Waals surface area (Å²) >= 11 is 6.20. The quantitative estimate of drug-likeness (QED) is 0.892. The maximum Gasteiger partial charge on any atom is 0.149 e. The summed E-state index contributed by atoms with van der Waals surface area (Å²) in [5, 5.41) is 8.03. The van der Waals surface area contributed by atoms with E-state index in [0.717, 1.165) is 17.8 Å². The normalized spacial score (nSPS) is 12.4. The number of nitrogens with two attached hydrogens (primary N) is 1. The molecule has 0 radical (unpaired) electrons. The van der Waals surface area contributed by atoms with E-state index >= 15 is 0 Å². The van der Waals surface area contributed by atoms with Crippen LogP contribution in [0.3, 0.4) is 0 Å². The van der Waals surface area contributed by atoms with Crippen molar-refractivity contribution >= 4 is 23.1 Å². The van der Waals surface area contributed by atoms with E-state index in [2.05, 4.69) is 29.2 Å². The maximum atomic E-state index is 6.20. The van der Waals surface area contributed by atoms with Gasteiger partial charge in [0, 0.05) is 18.4 Å². The molecule has 0 aliphatic carbocycles. The number of nitrogens with zero attached hydrogens (tertiary/aromatic N) is 3. The first-order valence-corrected chi connectivity index (χ1v) is 6.21. The van der Waals surface area contributed by atoms with Crippen molar-refractivity contribution < 1.29 is 0 Å². The topological polar surface area (TPSA) is 68.8 Å². The van der Waals surface area contributed by atoms with E-state index in [1.165, 1.54) is 6.20 Å². The van der Waals surface area contributed by atoms with Gasteiger partial charge in [-0.3, -0.25) is 0 Å². The van der Waals surface area contributed by atoms with Gasteiger partial charge in [-0.25, -0.2) is 9.67 Å². The lowest BCUT2D eigenvalue weighted by Gasteiger charge is -2.18. The van der Waals surface area contributed by atoms with Crippen molar-refractivity contribution in [1.29, 1.82) is 0 Å². The van der Waals surface area contributed by atoms with Crippen molar-refractivity contribution in [3.05, 3.63) is 29.7 Å². The summed E-state index contributed by atoms with van der Waals surface area (Å²) in [6.07, 6.45) is 6.03. The molecule has 5 nitrogen and oxygen atoms in total. The predicted octanol–water partition coefficient (Wildman–Crippen LogP) is 2.71. The van der Waals surface area contributed by atoms with E-state index in [4.69, 9.17) is 17.3 Å². The number of hydrogen-bond donors (Lipinski definition) is 2. The molecule has 0 fully saturated rings. The van der Waals surface area contributed by atoms with Crippen molar-refractivity contribution in [2.45, 2.75) is 26.3 Å². The second-order valence-electron chi connectivity index (χ2n) is 4.12. The van der Waals surface area contributed by atoms with E-state index in [0.29, 0.717) is 10.8 Å². The molecule has 18 heavy (non-hydrogen) atoms. The maximum absolute atomic E-state index is 6.20. The van der Waals surface area contributed by atoms with Crippen molar-refractivity contribution in [1.82, 2.24) is 14.8 Å². The van der Waals surface area contributed by atoms with Gasteiger partial charge in [0.05, 0.1) is 11.2 Å². The number of anilines is 2. The van der Waals surface area contributed by atoms with Gasteiger partial charge in [-0.05, 0) is 19.4 Å². The van der Waals surface area contributed by atoms with E-state index in [9.17, 15) is 0 Å². The van der Waals surface area contributed by atoms with Gasteiger partial charge in [-0.15, -0.1) is 0 Å². The molecule has 0 aromatic carbocycles. The zero-order chi connectivity index (χ0) is 13.1. The molecule has 0 aliphatic heterocycles. The lowest BCUT2D eigenvalue weighted by molar-refractivity contribution is 0.759. The van der Waals surface area contributed by atoms with Crippen molar-refractivity contribution in [3.63, 3.8) is 0 Å². The molecular weight excluding hydrogens is 250 g/mol. The molecule has 0 saturated heterocycles. The molecule has 2 aromatic rings. The van der Waals surface area contributed by atoms with Gasteiger partial charge in [-0.2, -0.15) is 5.10 Å². The van der Waals surface area contributed by atoms with Gasteiger partial charge < -0.3 is 11.1 Å². The van der Waals surface area contributed by atoms with E-state index in [-0.39, 0.29) is 6.04 Å². The average Bonchev–Trinajstić information content (AvgIpc) is 2.87. The Hall–Kier alpha value is -1.75. The Morgan fingerprint density at radius 1 is 1.56 bits per heavy atom. The molecule has 0 saturated carbocycles. The summed E-state index contributed by atoms with van der Waals surface area (Å²) in [7, 11) is 0. The SMILES string of the molecule is CCC(C)Nc1c(N)ncc(Cl)c1-n1cccn1. The first kappa shape index (κ1) is 12.7. The minimum absolute atomic E-state index is 0.280. The summed E-state index contributed by atoms with van der Waals surface area (Å²) in [6, 6.07) is 2.11. The third-order valence-electron chi connectivity index (χ3n) is 2.77. The van der Waals surface area contributed by atoms with Gasteiger partial charge >= 0.3 is 0 Å². The zero-order valence-corrected chi connectivity index (χ0v) is 11.1. The van der Waals surface area contributed by atoms with Gasteiger partial charge in [0.2, 0.25) is 0 Å². The molecule has 0 bridgehead atoms. The highest BCUT2D eigenvalue weighted by molar-refractivity contribution is 6.33. The Bertz CT molecular complexity index is 524. The lowest BCUT2D eigenvalue weighted by Crippen LogP contribution is -2.17. The number of pyridine rings is 1. The van der Waals surface area contributed by atoms with E-state index in [1.54, 1.807) is 10.9 Å². The van der Waals surface area contributed by atoms with Crippen molar-refractivity contribution in [3.8, 4) is 5.69 Å².